The van der Waals surface area contributed by atoms with Gasteiger partial charge in [0.2, 0.25) is 0 Å². The van der Waals surface area contributed by atoms with E-state index < -0.39 is 0 Å². The summed E-state index contributed by atoms with van der Waals surface area (Å²) in [7, 11) is 0. The van der Waals surface area contributed by atoms with E-state index in [0.29, 0.717) is 23.2 Å². The van der Waals surface area contributed by atoms with E-state index in [9.17, 15) is 4.79 Å². The second-order valence-corrected chi connectivity index (χ2v) is 5.68. The van der Waals surface area contributed by atoms with Gasteiger partial charge in [-0.15, -0.1) is 6.58 Å². The Labute approximate surface area is 125 Å². The van der Waals surface area contributed by atoms with Gasteiger partial charge in [0.1, 0.15) is 0 Å². The molecule has 2 aliphatic rings. The third-order valence-corrected chi connectivity index (χ3v) is 4.58. The largest absolute Gasteiger partial charge is 0.334 e. The van der Waals surface area contributed by atoms with Crippen LogP contribution in [0.2, 0.25) is 0 Å². The Hall–Kier alpha value is -2.12. The van der Waals surface area contributed by atoms with E-state index in [0.717, 1.165) is 32.5 Å². The van der Waals surface area contributed by atoms with Gasteiger partial charge in [-0.1, -0.05) is 6.08 Å². The number of nitriles is 1. The number of hydrogen-bond acceptors (Lipinski definition) is 3. The lowest BCUT2D eigenvalue weighted by molar-refractivity contribution is 0.0733. The lowest BCUT2D eigenvalue weighted by Gasteiger charge is -2.25. The first-order chi connectivity index (χ1) is 10.2. The van der Waals surface area contributed by atoms with Crippen molar-refractivity contribution < 1.29 is 4.79 Å². The molecule has 0 aromatic heterocycles. The van der Waals surface area contributed by atoms with Crippen LogP contribution in [-0.2, 0) is 0 Å². The quantitative estimate of drug-likeness (QED) is 0.797. The van der Waals surface area contributed by atoms with E-state index in [4.69, 9.17) is 5.26 Å². The number of fused-ring (bicyclic) bond motifs is 1. The van der Waals surface area contributed by atoms with Gasteiger partial charge in [0.05, 0.1) is 11.6 Å². The highest BCUT2D eigenvalue weighted by atomic mass is 16.2. The van der Waals surface area contributed by atoms with Crippen LogP contribution in [0.5, 0.6) is 0 Å². The summed E-state index contributed by atoms with van der Waals surface area (Å²) >= 11 is 0. The molecule has 0 saturated carbocycles. The summed E-state index contributed by atoms with van der Waals surface area (Å²) < 4.78 is 0. The Morgan fingerprint density at radius 2 is 2.00 bits per heavy atom. The van der Waals surface area contributed by atoms with Gasteiger partial charge in [-0.3, -0.25) is 9.69 Å². The number of benzene rings is 1. The third kappa shape index (κ3) is 2.45. The molecule has 21 heavy (non-hydrogen) atoms. The van der Waals surface area contributed by atoms with Crippen molar-refractivity contribution in [3.63, 3.8) is 0 Å². The molecule has 2 heterocycles. The van der Waals surface area contributed by atoms with Gasteiger partial charge in [-0.05, 0) is 37.1 Å². The van der Waals surface area contributed by atoms with E-state index in [-0.39, 0.29) is 5.91 Å². The minimum absolute atomic E-state index is 0.0902. The van der Waals surface area contributed by atoms with Gasteiger partial charge in [0.25, 0.3) is 5.91 Å². The standard InChI is InChI=1S/C17H19N3O/c1-2-9-19-10-7-16-15(19)8-11-20(16)17(21)14-5-3-13(12-18)4-6-14/h2-6,15-16H,1,7-11H2/t15-,16+/m1/s1. The maximum atomic E-state index is 12.7. The second kappa shape index (κ2) is 5.71. The maximum Gasteiger partial charge on any atom is 0.254 e. The molecule has 1 aromatic carbocycles. The highest BCUT2D eigenvalue weighted by Gasteiger charge is 2.43. The van der Waals surface area contributed by atoms with Crippen LogP contribution in [0.3, 0.4) is 0 Å². The molecule has 0 unspecified atom stereocenters. The first-order valence-corrected chi connectivity index (χ1v) is 7.40. The van der Waals surface area contributed by atoms with Gasteiger partial charge in [-0.2, -0.15) is 5.26 Å². The number of carbonyl (C=O) groups is 1. The Kier molecular flexibility index (Phi) is 3.76. The number of hydrogen-bond donors (Lipinski definition) is 0. The zero-order valence-electron chi connectivity index (χ0n) is 12.0. The molecule has 2 aliphatic heterocycles. The smallest absolute Gasteiger partial charge is 0.254 e. The molecule has 1 amide bonds. The average molecular weight is 281 g/mol. The minimum Gasteiger partial charge on any atom is -0.334 e. The molecule has 108 valence electrons. The van der Waals surface area contributed by atoms with Gasteiger partial charge in [-0.25, -0.2) is 0 Å². The van der Waals surface area contributed by atoms with Crippen LogP contribution >= 0.6 is 0 Å². The van der Waals surface area contributed by atoms with Crippen LogP contribution in [0.25, 0.3) is 0 Å². The van der Waals surface area contributed by atoms with Crippen LogP contribution in [-0.4, -0.2) is 47.4 Å². The third-order valence-electron chi connectivity index (χ3n) is 4.58. The molecule has 0 spiro atoms. The highest BCUT2D eigenvalue weighted by Crippen LogP contribution is 2.32. The second-order valence-electron chi connectivity index (χ2n) is 5.68. The first-order valence-electron chi connectivity index (χ1n) is 7.40. The molecule has 0 N–H and O–H groups in total. The molecule has 0 radical (unpaired) electrons. The van der Waals surface area contributed by atoms with Crippen LogP contribution in [0, 0.1) is 11.3 Å². The summed E-state index contributed by atoms with van der Waals surface area (Å²) in [6.07, 6.45) is 4.02. The van der Waals surface area contributed by atoms with Gasteiger partial charge in [0.15, 0.2) is 0 Å². The van der Waals surface area contributed by atoms with Crippen molar-refractivity contribution in [1.29, 1.82) is 5.26 Å². The molecule has 1 aromatic rings. The summed E-state index contributed by atoms with van der Waals surface area (Å²) in [5.41, 5.74) is 1.26. The summed E-state index contributed by atoms with van der Waals surface area (Å²) in [6.45, 7) is 6.57. The summed E-state index contributed by atoms with van der Waals surface area (Å²) in [4.78, 5) is 17.1. The molecule has 0 aliphatic carbocycles. The molecule has 0 bridgehead atoms. The molecular weight excluding hydrogens is 262 g/mol. The fourth-order valence-corrected chi connectivity index (χ4v) is 3.57. The van der Waals surface area contributed by atoms with Gasteiger partial charge in [0, 0.05) is 37.3 Å². The Morgan fingerprint density at radius 3 is 2.67 bits per heavy atom. The Morgan fingerprint density at radius 1 is 1.29 bits per heavy atom. The molecule has 2 fully saturated rings. The number of likely N-dealkylation sites (tertiary alicyclic amines) is 2. The fourth-order valence-electron chi connectivity index (χ4n) is 3.57. The summed E-state index contributed by atoms with van der Waals surface area (Å²) in [5, 5.41) is 8.82. The molecule has 2 atom stereocenters. The zero-order chi connectivity index (χ0) is 14.8. The Balaban J connectivity index is 1.74. The molecule has 4 nitrogen and oxygen atoms in total. The number of rotatable bonds is 3. The molecule has 4 heteroatoms. The van der Waals surface area contributed by atoms with Crippen molar-refractivity contribution in [2.45, 2.75) is 24.9 Å². The number of nitrogens with zero attached hydrogens (tertiary/aromatic N) is 3. The number of carbonyl (C=O) groups excluding carboxylic acids is 1. The maximum absolute atomic E-state index is 12.7. The topological polar surface area (TPSA) is 47.3 Å². The molecule has 3 rings (SSSR count). The van der Waals surface area contributed by atoms with Crippen LogP contribution in [0.15, 0.2) is 36.9 Å². The van der Waals surface area contributed by atoms with Crippen molar-refractivity contribution in [1.82, 2.24) is 9.80 Å². The normalized spacial score (nSPS) is 24.6. The lowest BCUT2D eigenvalue weighted by Crippen LogP contribution is -2.39. The van der Waals surface area contributed by atoms with Crippen LogP contribution in [0.4, 0.5) is 0 Å². The van der Waals surface area contributed by atoms with E-state index in [1.54, 1.807) is 24.3 Å². The van der Waals surface area contributed by atoms with Crippen molar-refractivity contribution in [2.75, 3.05) is 19.6 Å². The SMILES string of the molecule is C=CCN1CC[C@H]2[C@H]1CCN2C(=O)c1ccc(C#N)cc1. The summed E-state index contributed by atoms with van der Waals surface area (Å²) in [6, 6.07) is 9.81. The van der Waals surface area contributed by atoms with Gasteiger partial charge >= 0.3 is 0 Å². The minimum atomic E-state index is 0.0902. The van der Waals surface area contributed by atoms with E-state index in [1.165, 1.54) is 0 Å². The van der Waals surface area contributed by atoms with E-state index in [1.807, 2.05) is 11.0 Å². The van der Waals surface area contributed by atoms with Crippen molar-refractivity contribution in [3.8, 4) is 6.07 Å². The van der Waals surface area contributed by atoms with E-state index >= 15 is 0 Å². The molecular formula is C17H19N3O. The summed E-state index contributed by atoms with van der Waals surface area (Å²) in [5.74, 6) is 0.0902. The first kappa shape index (κ1) is 13.8. The van der Waals surface area contributed by atoms with Crippen LogP contribution < -0.4 is 0 Å². The van der Waals surface area contributed by atoms with Crippen molar-refractivity contribution >= 4 is 5.91 Å². The molecule has 2 saturated heterocycles. The fraction of sp³-hybridized carbons (Fsp3) is 0.412. The number of amides is 1. The monoisotopic (exact) mass is 281 g/mol. The van der Waals surface area contributed by atoms with E-state index in [2.05, 4.69) is 17.5 Å². The average Bonchev–Trinajstić information content (AvgIpc) is 3.10. The predicted molar refractivity (Wildman–Crippen MR) is 80.8 cm³/mol. The van der Waals surface area contributed by atoms with Gasteiger partial charge < -0.3 is 4.90 Å². The van der Waals surface area contributed by atoms with Crippen molar-refractivity contribution in [2.24, 2.45) is 0 Å². The Bertz CT molecular complexity index is 587. The highest BCUT2D eigenvalue weighted by molar-refractivity contribution is 5.94. The lowest BCUT2D eigenvalue weighted by atomic mass is 10.1. The zero-order valence-corrected chi connectivity index (χ0v) is 12.0. The predicted octanol–water partition coefficient (Wildman–Crippen LogP) is 2.03. The van der Waals surface area contributed by atoms with Crippen molar-refractivity contribution in [3.05, 3.63) is 48.0 Å². The van der Waals surface area contributed by atoms with Crippen LogP contribution in [0.1, 0.15) is 28.8 Å².